The van der Waals surface area contributed by atoms with E-state index in [9.17, 15) is 4.79 Å². The zero-order chi connectivity index (χ0) is 13.4. The number of nitrogens with one attached hydrogen (secondary N) is 1. The fourth-order valence-corrected chi connectivity index (χ4v) is 1.97. The van der Waals surface area contributed by atoms with Crippen molar-refractivity contribution in [3.63, 3.8) is 0 Å². The molecule has 0 saturated carbocycles. The molecule has 1 rings (SSSR count). The van der Waals surface area contributed by atoms with E-state index in [0.29, 0.717) is 17.3 Å². The van der Waals surface area contributed by atoms with Gasteiger partial charge in [0.25, 0.3) is 11.1 Å². The van der Waals surface area contributed by atoms with Gasteiger partial charge < -0.3 is 5.32 Å². The van der Waals surface area contributed by atoms with Crippen LogP contribution in [0.4, 0.5) is 0 Å². The first-order valence-corrected chi connectivity index (χ1v) is 7.04. The highest BCUT2D eigenvalue weighted by molar-refractivity contribution is 6.31. The van der Waals surface area contributed by atoms with Gasteiger partial charge in [-0.1, -0.05) is 26.7 Å². The van der Waals surface area contributed by atoms with Crippen LogP contribution in [-0.2, 0) is 6.54 Å². The molecule has 3 nitrogen and oxygen atoms in total. The lowest BCUT2D eigenvalue weighted by molar-refractivity contribution is -0.695. The van der Waals surface area contributed by atoms with Crippen molar-refractivity contribution in [2.75, 3.05) is 6.54 Å². The Hall–Kier alpha value is -1.09. The van der Waals surface area contributed by atoms with Crippen molar-refractivity contribution in [3.8, 4) is 0 Å². The van der Waals surface area contributed by atoms with Crippen LogP contribution in [-0.4, -0.2) is 12.5 Å². The zero-order valence-electron chi connectivity index (χ0n) is 11.2. The van der Waals surface area contributed by atoms with Crippen LogP contribution in [0, 0.1) is 0 Å². The van der Waals surface area contributed by atoms with Gasteiger partial charge in [0.1, 0.15) is 12.1 Å². The molecule has 0 fully saturated rings. The van der Waals surface area contributed by atoms with E-state index in [1.807, 2.05) is 16.8 Å². The number of unbranched alkanes of at least 4 members (excludes halogenated alkanes) is 2. The lowest BCUT2D eigenvalue weighted by Gasteiger charge is -2.05. The predicted octanol–water partition coefficient (Wildman–Crippen LogP) is 2.96. The van der Waals surface area contributed by atoms with Gasteiger partial charge in [0.2, 0.25) is 0 Å². The van der Waals surface area contributed by atoms with Crippen molar-refractivity contribution in [3.05, 3.63) is 29.0 Å². The van der Waals surface area contributed by atoms with Gasteiger partial charge in [-0.3, -0.25) is 4.79 Å². The molecule has 0 unspecified atom stereocenters. The molecular weight excluding hydrogens is 248 g/mol. The van der Waals surface area contributed by atoms with Crippen molar-refractivity contribution < 1.29 is 9.36 Å². The van der Waals surface area contributed by atoms with Gasteiger partial charge in [0, 0.05) is 19.0 Å². The molecule has 1 heterocycles. The maximum atomic E-state index is 12.0. The van der Waals surface area contributed by atoms with Crippen LogP contribution in [0.25, 0.3) is 0 Å². The first-order chi connectivity index (χ1) is 8.70. The minimum Gasteiger partial charge on any atom is -0.352 e. The molecule has 1 amide bonds. The maximum absolute atomic E-state index is 12.0. The summed E-state index contributed by atoms with van der Waals surface area (Å²) in [5.41, 5.74) is 0.561. The molecule has 18 heavy (non-hydrogen) atoms. The summed E-state index contributed by atoms with van der Waals surface area (Å²) >= 11 is 6.25. The van der Waals surface area contributed by atoms with E-state index < -0.39 is 0 Å². The van der Waals surface area contributed by atoms with E-state index in [0.717, 1.165) is 32.2 Å². The lowest BCUT2D eigenvalue weighted by atomic mass is 10.2. The van der Waals surface area contributed by atoms with Crippen LogP contribution >= 0.6 is 11.6 Å². The van der Waals surface area contributed by atoms with Crippen LogP contribution in [0.3, 0.4) is 0 Å². The molecule has 1 aromatic rings. The molecule has 100 valence electrons. The Morgan fingerprint density at radius 2 is 2.06 bits per heavy atom. The molecule has 1 aromatic heterocycles. The third kappa shape index (κ3) is 4.30. The van der Waals surface area contributed by atoms with E-state index in [1.165, 1.54) is 0 Å². The summed E-state index contributed by atoms with van der Waals surface area (Å²) in [6.07, 6.45) is 6.15. The largest absolute Gasteiger partial charge is 0.352 e. The van der Waals surface area contributed by atoms with Crippen LogP contribution in [0.2, 0.25) is 5.15 Å². The van der Waals surface area contributed by atoms with E-state index in [-0.39, 0.29) is 5.91 Å². The van der Waals surface area contributed by atoms with Crippen molar-refractivity contribution in [1.82, 2.24) is 5.32 Å². The minimum atomic E-state index is -0.0840. The van der Waals surface area contributed by atoms with Crippen LogP contribution < -0.4 is 9.88 Å². The number of nitrogens with zero attached hydrogens (tertiary/aromatic N) is 1. The lowest BCUT2D eigenvalue weighted by Crippen LogP contribution is -2.37. The summed E-state index contributed by atoms with van der Waals surface area (Å²) < 4.78 is 1.93. The monoisotopic (exact) mass is 269 g/mol. The molecule has 0 spiro atoms. The highest BCUT2D eigenvalue weighted by Gasteiger charge is 2.18. The van der Waals surface area contributed by atoms with Crippen LogP contribution in [0.1, 0.15) is 49.9 Å². The Bertz CT molecular complexity index is 393. The molecule has 0 radical (unpaired) electrons. The van der Waals surface area contributed by atoms with Crippen molar-refractivity contribution in [1.29, 1.82) is 0 Å². The molecule has 0 aliphatic carbocycles. The Kier molecular flexibility index (Phi) is 6.73. The molecule has 0 saturated heterocycles. The van der Waals surface area contributed by atoms with Gasteiger partial charge in [-0.2, -0.15) is 4.57 Å². The maximum Gasteiger partial charge on any atom is 0.287 e. The van der Waals surface area contributed by atoms with Gasteiger partial charge in [0.15, 0.2) is 6.20 Å². The smallest absolute Gasteiger partial charge is 0.287 e. The van der Waals surface area contributed by atoms with Crippen molar-refractivity contribution in [2.45, 2.75) is 46.1 Å². The summed E-state index contributed by atoms with van der Waals surface area (Å²) in [5.74, 6) is -0.0840. The topological polar surface area (TPSA) is 33.0 Å². The SMILES string of the molecule is CCCCNC(=O)c1ccc[n+](CCCC)c1Cl. The van der Waals surface area contributed by atoms with Crippen LogP contribution in [0.15, 0.2) is 18.3 Å². The first-order valence-electron chi connectivity index (χ1n) is 6.66. The van der Waals surface area contributed by atoms with Gasteiger partial charge in [0.05, 0.1) is 0 Å². The van der Waals surface area contributed by atoms with Gasteiger partial charge in [-0.05, 0) is 24.1 Å². The zero-order valence-corrected chi connectivity index (χ0v) is 12.0. The number of amides is 1. The van der Waals surface area contributed by atoms with Crippen LogP contribution in [0.5, 0.6) is 0 Å². The second kappa shape index (κ2) is 8.09. The summed E-state index contributed by atoms with van der Waals surface area (Å²) in [6, 6.07) is 3.64. The fraction of sp³-hybridized carbons (Fsp3) is 0.571. The summed E-state index contributed by atoms with van der Waals surface area (Å²) in [6.45, 7) is 5.79. The Labute approximate surface area is 114 Å². The quantitative estimate of drug-likeness (QED) is 0.461. The van der Waals surface area contributed by atoms with Gasteiger partial charge in [-0.25, -0.2) is 0 Å². The van der Waals surface area contributed by atoms with Crippen molar-refractivity contribution >= 4 is 17.5 Å². The third-order valence-electron chi connectivity index (χ3n) is 2.82. The fourth-order valence-electron chi connectivity index (χ4n) is 1.68. The minimum absolute atomic E-state index is 0.0840. The molecule has 1 N–H and O–H groups in total. The van der Waals surface area contributed by atoms with E-state index in [1.54, 1.807) is 6.07 Å². The molecule has 0 aromatic carbocycles. The van der Waals surface area contributed by atoms with Crippen molar-refractivity contribution in [2.24, 2.45) is 0 Å². The highest BCUT2D eigenvalue weighted by Crippen LogP contribution is 2.10. The summed E-state index contributed by atoms with van der Waals surface area (Å²) in [7, 11) is 0. The molecule has 4 heteroatoms. The number of hydrogen-bond acceptors (Lipinski definition) is 1. The second-order valence-electron chi connectivity index (χ2n) is 4.37. The van der Waals surface area contributed by atoms with Gasteiger partial charge >= 0.3 is 0 Å². The average Bonchev–Trinajstić information content (AvgIpc) is 2.37. The number of carbonyl (C=O) groups is 1. The number of pyridine rings is 1. The third-order valence-corrected chi connectivity index (χ3v) is 3.24. The summed E-state index contributed by atoms with van der Waals surface area (Å²) in [5, 5.41) is 3.42. The highest BCUT2D eigenvalue weighted by atomic mass is 35.5. The number of halogens is 1. The molecule has 0 aliphatic rings. The number of hydrogen-bond donors (Lipinski definition) is 1. The molecule has 0 atom stereocenters. The number of carbonyl (C=O) groups excluding carboxylic acids is 1. The molecular formula is C14H22ClN2O+. The molecule has 0 bridgehead atoms. The number of rotatable bonds is 7. The predicted molar refractivity (Wildman–Crippen MR) is 73.8 cm³/mol. The van der Waals surface area contributed by atoms with Gasteiger partial charge in [-0.15, -0.1) is 0 Å². The Morgan fingerprint density at radius 1 is 1.33 bits per heavy atom. The average molecular weight is 270 g/mol. The molecule has 0 aliphatic heterocycles. The Morgan fingerprint density at radius 3 is 2.72 bits per heavy atom. The number of aromatic nitrogens is 1. The normalized spacial score (nSPS) is 10.4. The second-order valence-corrected chi connectivity index (χ2v) is 4.73. The van der Waals surface area contributed by atoms with E-state index >= 15 is 0 Å². The number of aryl methyl sites for hydroxylation is 1. The standard InChI is InChI=1S/C14H21ClN2O/c1-3-5-9-16-14(18)12-8-7-11-17(13(12)15)10-6-4-2/h7-8,11H,3-6,9-10H2,1-2H3/p+1. The summed E-state index contributed by atoms with van der Waals surface area (Å²) in [4.78, 5) is 12.0. The van der Waals surface area contributed by atoms with E-state index in [2.05, 4.69) is 19.2 Å². The van der Waals surface area contributed by atoms with E-state index in [4.69, 9.17) is 11.6 Å². The first kappa shape index (κ1) is 15.0. The Balaban J connectivity index is 2.72.